The topological polar surface area (TPSA) is 38.3 Å². The number of anilines is 1. The minimum atomic E-state index is -2.91. The molecule has 1 N–H and O–H groups in total. The summed E-state index contributed by atoms with van der Waals surface area (Å²) >= 11 is 0. The molecule has 0 spiro atoms. The summed E-state index contributed by atoms with van der Waals surface area (Å²) in [6.45, 7) is -1.03. The first kappa shape index (κ1) is 15.7. The molecule has 3 nitrogen and oxygen atoms in total. The van der Waals surface area contributed by atoms with Crippen LogP contribution in [0.25, 0.3) is 6.08 Å². The maximum Gasteiger partial charge on any atom is 0.387 e. The molecule has 1 amide bonds. The van der Waals surface area contributed by atoms with E-state index in [0.717, 1.165) is 5.56 Å². The smallest absolute Gasteiger partial charge is 0.387 e. The first-order valence-electron chi connectivity index (χ1n) is 6.65. The Kier molecular flexibility index (Phi) is 5.25. The van der Waals surface area contributed by atoms with Gasteiger partial charge in [0.05, 0.1) is 0 Å². The van der Waals surface area contributed by atoms with E-state index in [0.29, 0.717) is 11.3 Å². The lowest BCUT2D eigenvalue weighted by Gasteiger charge is -2.08. The summed E-state index contributed by atoms with van der Waals surface area (Å²) in [5.41, 5.74) is 2.04. The number of aryl methyl sites for hydroxylation is 1. The van der Waals surface area contributed by atoms with E-state index in [1.807, 2.05) is 25.1 Å². The van der Waals surface area contributed by atoms with Gasteiger partial charge >= 0.3 is 6.61 Å². The number of ether oxygens (including phenoxy) is 1. The third kappa shape index (κ3) is 4.41. The number of amides is 1. The number of nitrogens with one attached hydrogen (secondary N) is 1. The van der Waals surface area contributed by atoms with Crippen LogP contribution in [0.1, 0.15) is 11.1 Å². The van der Waals surface area contributed by atoms with Crippen LogP contribution in [0.5, 0.6) is 5.75 Å². The van der Waals surface area contributed by atoms with E-state index in [2.05, 4.69) is 10.1 Å². The second-order valence-electron chi connectivity index (χ2n) is 4.55. The van der Waals surface area contributed by atoms with Crippen LogP contribution in [0.4, 0.5) is 14.5 Å². The molecule has 22 heavy (non-hydrogen) atoms. The lowest BCUT2D eigenvalue weighted by atomic mass is 10.2. The molecule has 0 radical (unpaired) electrons. The molecule has 0 aromatic heterocycles. The predicted octanol–water partition coefficient (Wildman–Crippen LogP) is 4.25. The molecule has 2 rings (SSSR count). The zero-order valence-corrected chi connectivity index (χ0v) is 11.9. The Morgan fingerprint density at radius 2 is 1.82 bits per heavy atom. The Morgan fingerprint density at radius 3 is 2.55 bits per heavy atom. The molecule has 0 aliphatic carbocycles. The summed E-state index contributed by atoms with van der Waals surface area (Å²) in [6, 6.07) is 13.6. The highest BCUT2D eigenvalue weighted by atomic mass is 19.3. The van der Waals surface area contributed by atoms with Gasteiger partial charge in [0.15, 0.2) is 0 Å². The van der Waals surface area contributed by atoms with Gasteiger partial charge < -0.3 is 10.1 Å². The lowest BCUT2D eigenvalue weighted by Crippen LogP contribution is -2.09. The molecule has 2 aromatic carbocycles. The Bertz CT molecular complexity index is 684. The standard InChI is InChI=1S/C17H15F2NO2/c1-12-6-2-4-8-14(12)20-16(21)11-10-13-7-3-5-9-15(13)22-17(18)19/h2-11,17H,1H3,(H,20,21)/b11-10+. The van der Waals surface area contributed by atoms with Crippen LogP contribution >= 0.6 is 0 Å². The Hall–Kier alpha value is -2.69. The number of carbonyl (C=O) groups is 1. The van der Waals surface area contributed by atoms with Crippen molar-refractivity contribution in [1.82, 2.24) is 0 Å². The van der Waals surface area contributed by atoms with Crippen molar-refractivity contribution in [2.45, 2.75) is 13.5 Å². The summed E-state index contributed by atoms with van der Waals surface area (Å²) in [5.74, 6) is -0.321. The maximum atomic E-state index is 12.3. The first-order valence-corrected chi connectivity index (χ1v) is 6.65. The number of benzene rings is 2. The Labute approximate surface area is 127 Å². The fourth-order valence-electron chi connectivity index (χ4n) is 1.87. The number of rotatable bonds is 5. The van der Waals surface area contributed by atoms with Gasteiger partial charge in [-0.2, -0.15) is 8.78 Å². The van der Waals surface area contributed by atoms with Crippen molar-refractivity contribution >= 4 is 17.7 Å². The van der Waals surface area contributed by atoms with Crippen LogP contribution in [-0.2, 0) is 4.79 Å². The van der Waals surface area contributed by atoms with Gasteiger partial charge in [-0.1, -0.05) is 36.4 Å². The number of halogens is 2. The molecule has 0 heterocycles. The number of alkyl halides is 2. The summed E-state index contributed by atoms with van der Waals surface area (Å²) in [4.78, 5) is 11.9. The van der Waals surface area contributed by atoms with Gasteiger partial charge in [-0.05, 0) is 30.7 Å². The quantitative estimate of drug-likeness (QED) is 0.839. The maximum absolute atomic E-state index is 12.3. The normalized spacial score (nSPS) is 10.9. The average molecular weight is 303 g/mol. The molecule has 0 unspecified atom stereocenters. The van der Waals surface area contributed by atoms with Crippen LogP contribution in [0.3, 0.4) is 0 Å². The molecule has 5 heteroatoms. The van der Waals surface area contributed by atoms with Crippen molar-refractivity contribution in [3.63, 3.8) is 0 Å². The Morgan fingerprint density at radius 1 is 1.14 bits per heavy atom. The fourth-order valence-corrected chi connectivity index (χ4v) is 1.87. The average Bonchev–Trinajstić information content (AvgIpc) is 2.48. The highest BCUT2D eigenvalue weighted by Gasteiger charge is 2.07. The Balaban J connectivity index is 2.09. The molecule has 0 saturated heterocycles. The molecule has 0 atom stereocenters. The minimum Gasteiger partial charge on any atom is -0.434 e. The van der Waals surface area contributed by atoms with E-state index in [-0.39, 0.29) is 11.7 Å². The minimum absolute atomic E-state index is 0.0254. The van der Waals surface area contributed by atoms with E-state index in [1.54, 1.807) is 24.3 Å². The second kappa shape index (κ2) is 7.36. The van der Waals surface area contributed by atoms with Crippen LogP contribution in [-0.4, -0.2) is 12.5 Å². The zero-order valence-electron chi connectivity index (χ0n) is 11.9. The number of para-hydroxylation sites is 2. The molecule has 0 bridgehead atoms. The van der Waals surface area contributed by atoms with Gasteiger partial charge in [0.2, 0.25) is 5.91 Å². The third-order valence-corrected chi connectivity index (χ3v) is 2.95. The van der Waals surface area contributed by atoms with Crippen molar-refractivity contribution < 1.29 is 18.3 Å². The van der Waals surface area contributed by atoms with Gasteiger partial charge in [0.25, 0.3) is 0 Å². The van der Waals surface area contributed by atoms with Crippen LogP contribution in [0.15, 0.2) is 54.6 Å². The van der Waals surface area contributed by atoms with Crippen LogP contribution < -0.4 is 10.1 Å². The summed E-state index contributed by atoms with van der Waals surface area (Å²) in [6.07, 6.45) is 2.71. The molecular formula is C17H15F2NO2. The molecule has 0 saturated carbocycles. The number of hydrogen-bond donors (Lipinski definition) is 1. The highest BCUT2D eigenvalue weighted by Crippen LogP contribution is 2.21. The molecule has 0 aliphatic heterocycles. The molecular weight excluding hydrogens is 288 g/mol. The summed E-state index contributed by atoms with van der Waals surface area (Å²) in [7, 11) is 0. The number of carbonyl (C=O) groups excluding carboxylic acids is 1. The first-order chi connectivity index (χ1) is 10.6. The van der Waals surface area contributed by atoms with E-state index in [4.69, 9.17) is 0 Å². The van der Waals surface area contributed by atoms with Gasteiger partial charge in [-0.15, -0.1) is 0 Å². The fraction of sp³-hybridized carbons (Fsp3) is 0.118. The molecule has 0 fully saturated rings. The van der Waals surface area contributed by atoms with E-state index in [9.17, 15) is 13.6 Å². The SMILES string of the molecule is Cc1ccccc1NC(=O)/C=C/c1ccccc1OC(F)F. The second-order valence-corrected chi connectivity index (χ2v) is 4.55. The van der Waals surface area contributed by atoms with E-state index < -0.39 is 6.61 Å². The van der Waals surface area contributed by atoms with E-state index >= 15 is 0 Å². The predicted molar refractivity (Wildman–Crippen MR) is 81.9 cm³/mol. The lowest BCUT2D eigenvalue weighted by molar-refractivity contribution is -0.111. The van der Waals surface area contributed by atoms with E-state index in [1.165, 1.54) is 18.2 Å². The zero-order chi connectivity index (χ0) is 15.9. The molecule has 114 valence electrons. The molecule has 0 aliphatic rings. The largest absolute Gasteiger partial charge is 0.434 e. The van der Waals surface area contributed by atoms with Crippen molar-refractivity contribution in [3.8, 4) is 5.75 Å². The number of hydrogen-bond acceptors (Lipinski definition) is 2. The van der Waals surface area contributed by atoms with Crippen LogP contribution in [0.2, 0.25) is 0 Å². The highest BCUT2D eigenvalue weighted by molar-refractivity contribution is 6.02. The van der Waals surface area contributed by atoms with Gasteiger partial charge in [0.1, 0.15) is 5.75 Å². The van der Waals surface area contributed by atoms with Gasteiger partial charge in [-0.25, -0.2) is 0 Å². The third-order valence-electron chi connectivity index (χ3n) is 2.95. The van der Waals surface area contributed by atoms with Crippen molar-refractivity contribution in [2.75, 3.05) is 5.32 Å². The van der Waals surface area contributed by atoms with Crippen molar-refractivity contribution in [3.05, 3.63) is 65.7 Å². The van der Waals surface area contributed by atoms with Crippen molar-refractivity contribution in [1.29, 1.82) is 0 Å². The summed E-state index contributed by atoms with van der Waals surface area (Å²) in [5, 5.41) is 2.73. The van der Waals surface area contributed by atoms with Gasteiger partial charge in [0, 0.05) is 17.3 Å². The van der Waals surface area contributed by atoms with Crippen LogP contribution in [0, 0.1) is 6.92 Å². The van der Waals surface area contributed by atoms with Crippen molar-refractivity contribution in [2.24, 2.45) is 0 Å². The monoisotopic (exact) mass is 303 g/mol. The molecule has 2 aromatic rings. The summed E-state index contributed by atoms with van der Waals surface area (Å²) < 4.78 is 29.0. The van der Waals surface area contributed by atoms with Gasteiger partial charge in [-0.3, -0.25) is 4.79 Å².